The lowest BCUT2D eigenvalue weighted by molar-refractivity contribution is -0.148. The highest BCUT2D eigenvalue weighted by molar-refractivity contribution is 5.20. The van der Waals surface area contributed by atoms with Crippen LogP contribution in [0.4, 0.5) is 17.6 Å². The van der Waals surface area contributed by atoms with Crippen molar-refractivity contribution >= 4 is 0 Å². The lowest BCUT2D eigenvalue weighted by Gasteiger charge is -2.15. The normalized spacial score (nSPS) is 11.8. The minimum atomic E-state index is -4.12. The molecule has 1 aromatic carbocycles. The van der Waals surface area contributed by atoms with Crippen LogP contribution in [0.5, 0.6) is 5.75 Å². The van der Waals surface area contributed by atoms with Crippen molar-refractivity contribution in [1.29, 1.82) is 0 Å². The number of rotatable bonds is 4. The predicted molar refractivity (Wildman–Crippen MR) is 41.7 cm³/mol. The molecule has 0 aliphatic rings. The zero-order valence-corrected chi connectivity index (χ0v) is 7.01. The Morgan fingerprint density at radius 1 is 1.43 bits per heavy atom. The highest BCUT2D eigenvalue weighted by atomic mass is 19.3. The minimum absolute atomic E-state index is 0.0906. The SMILES string of the molecule is FC(F)C(F)(F)COc1c[c]ccc1. The van der Waals surface area contributed by atoms with Gasteiger partial charge in [0.15, 0.2) is 6.61 Å². The Balaban J connectivity index is 2.49. The number of benzene rings is 1. The fourth-order valence-corrected chi connectivity index (χ4v) is 0.709. The van der Waals surface area contributed by atoms with Crippen LogP contribution in [-0.4, -0.2) is 19.0 Å². The molecule has 0 aliphatic heterocycles. The topological polar surface area (TPSA) is 9.23 Å². The van der Waals surface area contributed by atoms with Crippen LogP contribution >= 0.6 is 0 Å². The highest BCUT2D eigenvalue weighted by Gasteiger charge is 2.41. The summed E-state index contributed by atoms with van der Waals surface area (Å²) in [5.74, 6) is -4.02. The zero-order chi connectivity index (χ0) is 10.6. The Morgan fingerprint density at radius 3 is 2.64 bits per heavy atom. The summed E-state index contributed by atoms with van der Waals surface area (Å²) >= 11 is 0. The molecule has 14 heavy (non-hydrogen) atoms. The Hall–Kier alpha value is -1.26. The molecule has 0 aromatic heterocycles. The van der Waals surface area contributed by atoms with E-state index in [1.54, 1.807) is 0 Å². The first-order chi connectivity index (χ1) is 6.52. The van der Waals surface area contributed by atoms with Gasteiger partial charge in [0.25, 0.3) is 0 Å². The molecule has 0 aliphatic carbocycles. The average molecular weight is 207 g/mol. The molecule has 0 saturated heterocycles. The summed E-state index contributed by atoms with van der Waals surface area (Å²) in [4.78, 5) is 0. The second-order valence-electron chi connectivity index (χ2n) is 2.59. The number of halogens is 4. The quantitative estimate of drug-likeness (QED) is 0.690. The summed E-state index contributed by atoms with van der Waals surface area (Å²) in [5, 5.41) is 0. The molecule has 0 N–H and O–H groups in total. The van der Waals surface area contributed by atoms with E-state index < -0.39 is 19.0 Å². The predicted octanol–water partition coefficient (Wildman–Crippen LogP) is 2.77. The molecular weight excluding hydrogens is 200 g/mol. The van der Waals surface area contributed by atoms with Crippen LogP contribution in [0.15, 0.2) is 24.3 Å². The van der Waals surface area contributed by atoms with E-state index in [1.807, 2.05) is 0 Å². The van der Waals surface area contributed by atoms with Gasteiger partial charge in [0.05, 0.1) is 0 Å². The van der Waals surface area contributed by atoms with Gasteiger partial charge in [-0.2, -0.15) is 8.78 Å². The zero-order valence-electron chi connectivity index (χ0n) is 7.01. The lowest BCUT2D eigenvalue weighted by atomic mass is 10.3. The smallest absolute Gasteiger partial charge is 0.340 e. The van der Waals surface area contributed by atoms with E-state index in [9.17, 15) is 17.6 Å². The summed E-state index contributed by atoms with van der Waals surface area (Å²) in [6.45, 7) is -1.33. The molecular formula is C9H7F4O. The molecule has 0 unspecified atom stereocenters. The summed E-state index contributed by atoms with van der Waals surface area (Å²) in [6, 6.07) is 8.30. The Labute approximate surface area is 78.3 Å². The van der Waals surface area contributed by atoms with Gasteiger partial charge in [0.2, 0.25) is 0 Å². The Bertz CT molecular complexity index is 273. The van der Waals surface area contributed by atoms with Crippen molar-refractivity contribution in [2.45, 2.75) is 12.3 Å². The lowest BCUT2D eigenvalue weighted by Crippen LogP contribution is -2.33. The summed E-state index contributed by atoms with van der Waals surface area (Å²) in [6.07, 6.45) is -3.71. The van der Waals surface area contributed by atoms with Gasteiger partial charge in [-0.05, 0) is 18.2 Å². The van der Waals surface area contributed by atoms with Crippen LogP contribution in [0.2, 0.25) is 0 Å². The molecule has 0 amide bonds. The van der Waals surface area contributed by atoms with Gasteiger partial charge in [0, 0.05) is 0 Å². The largest absolute Gasteiger partial charge is 0.487 e. The fraction of sp³-hybridized carbons (Fsp3) is 0.333. The van der Waals surface area contributed by atoms with E-state index in [1.165, 1.54) is 24.3 Å². The first-order valence-electron chi connectivity index (χ1n) is 3.77. The Morgan fingerprint density at radius 2 is 2.14 bits per heavy atom. The monoisotopic (exact) mass is 207 g/mol. The van der Waals surface area contributed by atoms with Crippen LogP contribution in [0.25, 0.3) is 0 Å². The van der Waals surface area contributed by atoms with Crippen molar-refractivity contribution in [3.63, 3.8) is 0 Å². The summed E-state index contributed by atoms with van der Waals surface area (Å²) in [7, 11) is 0. The molecule has 0 atom stereocenters. The van der Waals surface area contributed by atoms with Gasteiger partial charge in [-0.1, -0.05) is 12.1 Å². The van der Waals surface area contributed by atoms with E-state index in [4.69, 9.17) is 0 Å². The molecule has 77 valence electrons. The standard InChI is InChI=1S/C9H7F4O/c10-8(11)9(12,13)6-14-7-4-2-1-3-5-7/h1-2,4-5,8H,6H2. The second kappa shape index (κ2) is 4.30. The van der Waals surface area contributed by atoms with E-state index in [0.29, 0.717) is 0 Å². The van der Waals surface area contributed by atoms with E-state index >= 15 is 0 Å². The van der Waals surface area contributed by atoms with E-state index in [2.05, 4.69) is 10.8 Å². The van der Waals surface area contributed by atoms with Crippen molar-refractivity contribution in [3.8, 4) is 5.75 Å². The van der Waals surface area contributed by atoms with Gasteiger partial charge >= 0.3 is 12.3 Å². The van der Waals surface area contributed by atoms with Gasteiger partial charge < -0.3 is 4.74 Å². The van der Waals surface area contributed by atoms with Crippen molar-refractivity contribution in [3.05, 3.63) is 30.3 Å². The molecule has 1 rings (SSSR count). The number of ether oxygens (including phenoxy) is 1. The Kier molecular flexibility index (Phi) is 3.33. The average Bonchev–Trinajstić information content (AvgIpc) is 2.16. The fourth-order valence-electron chi connectivity index (χ4n) is 0.709. The molecule has 1 nitrogen and oxygen atoms in total. The van der Waals surface area contributed by atoms with Crippen LogP contribution in [0.3, 0.4) is 0 Å². The summed E-state index contributed by atoms with van der Waals surface area (Å²) < 4.78 is 52.5. The molecule has 5 heteroatoms. The molecule has 1 radical (unpaired) electrons. The van der Waals surface area contributed by atoms with Crippen molar-refractivity contribution in [2.75, 3.05) is 6.61 Å². The molecule has 0 fully saturated rings. The number of hydrogen-bond donors (Lipinski definition) is 0. The third-order valence-corrected chi connectivity index (χ3v) is 1.43. The number of alkyl halides is 4. The number of hydrogen-bond acceptors (Lipinski definition) is 1. The molecule has 0 heterocycles. The second-order valence-corrected chi connectivity index (χ2v) is 2.59. The first kappa shape index (κ1) is 10.8. The highest BCUT2D eigenvalue weighted by Crippen LogP contribution is 2.23. The molecule has 1 aromatic rings. The maximum Gasteiger partial charge on any atom is 0.340 e. The molecule has 0 spiro atoms. The molecule has 0 bridgehead atoms. The maximum atomic E-state index is 12.3. The van der Waals surface area contributed by atoms with Crippen LogP contribution in [-0.2, 0) is 0 Å². The van der Waals surface area contributed by atoms with Crippen molar-refractivity contribution in [1.82, 2.24) is 0 Å². The summed E-state index contributed by atoms with van der Waals surface area (Å²) in [5.41, 5.74) is 0. The van der Waals surface area contributed by atoms with Gasteiger partial charge in [-0.15, -0.1) is 0 Å². The van der Waals surface area contributed by atoms with E-state index in [-0.39, 0.29) is 5.75 Å². The van der Waals surface area contributed by atoms with Gasteiger partial charge in [0.1, 0.15) is 5.75 Å². The first-order valence-corrected chi connectivity index (χ1v) is 3.77. The maximum absolute atomic E-state index is 12.3. The third kappa shape index (κ3) is 2.90. The van der Waals surface area contributed by atoms with Crippen LogP contribution in [0, 0.1) is 6.07 Å². The van der Waals surface area contributed by atoms with Crippen molar-refractivity contribution in [2.24, 2.45) is 0 Å². The van der Waals surface area contributed by atoms with E-state index in [0.717, 1.165) is 0 Å². The van der Waals surface area contributed by atoms with Crippen LogP contribution in [0.1, 0.15) is 0 Å². The van der Waals surface area contributed by atoms with Gasteiger partial charge in [-0.3, -0.25) is 0 Å². The third-order valence-electron chi connectivity index (χ3n) is 1.43. The van der Waals surface area contributed by atoms with Crippen LogP contribution < -0.4 is 4.74 Å². The minimum Gasteiger partial charge on any atom is -0.487 e. The molecule has 0 saturated carbocycles. The van der Waals surface area contributed by atoms with Crippen molar-refractivity contribution < 1.29 is 22.3 Å². The van der Waals surface area contributed by atoms with Gasteiger partial charge in [-0.25, -0.2) is 8.78 Å².